The van der Waals surface area contributed by atoms with Gasteiger partial charge in [-0.3, -0.25) is 9.59 Å². The number of hydrogen-bond donors (Lipinski definition) is 1. The van der Waals surface area contributed by atoms with Crippen LogP contribution in [0.1, 0.15) is 23.2 Å². The number of methoxy groups -OCH3 is 1. The number of nitrogens with one attached hydrogen (secondary N) is 1. The molecule has 0 unspecified atom stereocenters. The summed E-state index contributed by atoms with van der Waals surface area (Å²) < 4.78 is 47.5. The van der Waals surface area contributed by atoms with Crippen LogP contribution in [0.5, 0.6) is 5.75 Å². The highest BCUT2D eigenvalue weighted by molar-refractivity contribution is 7.89. The highest BCUT2D eigenvalue weighted by Gasteiger charge is 2.27. The molecule has 1 aliphatic rings. The van der Waals surface area contributed by atoms with E-state index in [-0.39, 0.29) is 40.1 Å². The standard InChI is InChI=1S/C20H24FN3O5S/c1-23-9-3-4-16(19(23)25)20(26)24-10-7-14(8-11-24)13-22-30(27,28)18-12-15(21)5-6-17(18)29-2/h3-6,9,12,14,22H,7-8,10-11,13H2,1-2H3. The number of piperidine rings is 1. The molecule has 2 aromatic rings. The molecule has 0 radical (unpaired) electrons. The first-order valence-corrected chi connectivity index (χ1v) is 11.0. The largest absolute Gasteiger partial charge is 0.495 e. The quantitative estimate of drug-likeness (QED) is 0.736. The van der Waals surface area contributed by atoms with Crippen LogP contribution in [0.3, 0.4) is 0 Å². The van der Waals surface area contributed by atoms with E-state index in [2.05, 4.69) is 4.72 Å². The van der Waals surface area contributed by atoms with Gasteiger partial charge in [-0.25, -0.2) is 17.5 Å². The van der Waals surface area contributed by atoms with Crippen molar-refractivity contribution in [2.45, 2.75) is 17.7 Å². The Morgan fingerprint density at radius 1 is 1.27 bits per heavy atom. The molecule has 1 aromatic heterocycles. The Morgan fingerprint density at radius 2 is 1.97 bits per heavy atom. The first-order valence-electron chi connectivity index (χ1n) is 9.51. The van der Waals surface area contributed by atoms with Gasteiger partial charge in [0.2, 0.25) is 10.0 Å². The number of aromatic nitrogens is 1. The van der Waals surface area contributed by atoms with Crippen LogP contribution in [-0.2, 0) is 17.1 Å². The molecule has 0 saturated carbocycles. The normalized spacial score (nSPS) is 15.2. The third-order valence-electron chi connectivity index (χ3n) is 5.23. The molecule has 1 N–H and O–H groups in total. The molecule has 0 spiro atoms. The lowest BCUT2D eigenvalue weighted by Crippen LogP contribution is -2.43. The van der Waals surface area contributed by atoms with Crippen molar-refractivity contribution in [3.05, 3.63) is 58.3 Å². The molecular weight excluding hydrogens is 413 g/mol. The van der Waals surface area contributed by atoms with E-state index in [1.807, 2.05) is 0 Å². The molecule has 0 aliphatic carbocycles. The van der Waals surface area contributed by atoms with Crippen LogP contribution in [-0.4, -0.2) is 50.5 Å². The third-order valence-corrected chi connectivity index (χ3v) is 6.68. The molecule has 1 amide bonds. The van der Waals surface area contributed by atoms with Gasteiger partial charge < -0.3 is 14.2 Å². The number of likely N-dealkylation sites (tertiary alicyclic amines) is 1. The lowest BCUT2D eigenvalue weighted by Gasteiger charge is -2.32. The number of carbonyl (C=O) groups excluding carboxylic acids is 1. The van der Waals surface area contributed by atoms with Crippen LogP contribution in [0.2, 0.25) is 0 Å². The number of rotatable bonds is 6. The van der Waals surface area contributed by atoms with E-state index < -0.39 is 15.8 Å². The second kappa shape index (κ2) is 8.97. The monoisotopic (exact) mass is 437 g/mol. The van der Waals surface area contributed by atoms with Gasteiger partial charge in [0.1, 0.15) is 22.0 Å². The summed E-state index contributed by atoms with van der Waals surface area (Å²) in [6, 6.07) is 6.48. The summed E-state index contributed by atoms with van der Waals surface area (Å²) in [4.78, 5) is 26.1. The molecule has 3 rings (SSSR count). The molecule has 1 aliphatic heterocycles. The van der Waals surface area contributed by atoms with E-state index in [1.54, 1.807) is 24.2 Å². The molecule has 2 heterocycles. The average Bonchev–Trinajstić information content (AvgIpc) is 2.74. The molecule has 0 atom stereocenters. The van der Waals surface area contributed by atoms with Crippen LogP contribution in [0.15, 0.2) is 46.2 Å². The third kappa shape index (κ3) is 4.71. The highest BCUT2D eigenvalue weighted by Crippen LogP contribution is 2.25. The van der Waals surface area contributed by atoms with Gasteiger partial charge in [0, 0.05) is 32.9 Å². The summed E-state index contributed by atoms with van der Waals surface area (Å²) in [5.41, 5.74) is -0.223. The predicted molar refractivity (Wildman–Crippen MR) is 108 cm³/mol. The van der Waals surface area contributed by atoms with Gasteiger partial charge in [0.15, 0.2) is 0 Å². The van der Waals surface area contributed by atoms with E-state index in [0.717, 1.165) is 12.1 Å². The van der Waals surface area contributed by atoms with Gasteiger partial charge in [0.05, 0.1) is 7.11 Å². The summed E-state index contributed by atoms with van der Waals surface area (Å²) in [6.45, 7) is 1.01. The number of sulfonamides is 1. The summed E-state index contributed by atoms with van der Waals surface area (Å²) in [5.74, 6) is -0.912. The minimum Gasteiger partial charge on any atom is -0.495 e. The number of nitrogens with zero attached hydrogens (tertiary/aromatic N) is 2. The molecule has 1 saturated heterocycles. The van der Waals surface area contributed by atoms with Gasteiger partial charge in [-0.1, -0.05) is 0 Å². The van der Waals surface area contributed by atoms with Gasteiger partial charge in [-0.15, -0.1) is 0 Å². The van der Waals surface area contributed by atoms with Crippen molar-refractivity contribution in [3.8, 4) is 5.75 Å². The smallest absolute Gasteiger partial charge is 0.263 e. The summed E-state index contributed by atoms with van der Waals surface area (Å²) in [7, 11) is -1.04. The minimum atomic E-state index is -3.95. The zero-order valence-corrected chi connectivity index (χ0v) is 17.6. The Bertz CT molecular complexity index is 1090. The topological polar surface area (TPSA) is 97.7 Å². The Morgan fingerprint density at radius 3 is 2.63 bits per heavy atom. The summed E-state index contributed by atoms with van der Waals surface area (Å²) in [5, 5.41) is 0. The first kappa shape index (κ1) is 22.0. The second-order valence-electron chi connectivity index (χ2n) is 7.22. The highest BCUT2D eigenvalue weighted by atomic mass is 32.2. The van der Waals surface area contributed by atoms with Crippen molar-refractivity contribution >= 4 is 15.9 Å². The second-order valence-corrected chi connectivity index (χ2v) is 8.96. The van der Waals surface area contributed by atoms with Crippen LogP contribution < -0.4 is 15.0 Å². The molecule has 10 heteroatoms. The number of ether oxygens (including phenoxy) is 1. The predicted octanol–water partition coefficient (Wildman–Crippen LogP) is 1.36. The lowest BCUT2D eigenvalue weighted by molar-refractivity contribution is 0.0689. The fourth-order valence-corrected chi connectivity index (χ4v) is 4.73. The van der Waals surface area contributed by atoms with Gasteiger partial charge >= 0.3 is 0 Å². The molecule has 8 nitrogen and oxygen atoms in total. The van der Waals surface area contributed by atoms with Crippen LogP contribution in [0, 0.1) is 11.7 Å². The molecule has 30 heavy (non-hydrogen) atoms. The first-order chi connectivity index (χ1) is 14.2. The van der Waals surface area contributed by atoms with E-state index in [9.17, 15) is 22.4 Å². The van der Waals surface area contributed by atoms with Crippen molar-refractivity contribution < 1.29 is 22.3 Å². The lowest BCUT2D eigenvalue weighted by atomic mass is 9.97. The summed E-state index contributed by atoms with van der Waals surface area (Å²) in [6.07, 6.45) is 2.76. The average molecular weight is 437 g/mol. The Hall–Kier alpha value is -2.72. The zero-order chi connectivity index (χ0) is 21.9. The Balaban J connectivity index is 1.60. The van der Waals surface area contributed by atoms with Crippen LogP contribution in [0.25, 0.3) is 0 Å². The number of pyridine rings is 1. The number of carbonyl (C=O) groups is 1. The van der Waals surface area contributed by atoms with Crippen molar-refractivity contribution in [2.75, 3.05) is 26.7 Å². The fraction of sp³-hybridized carbons (Fsp3) is 0.400. The van der Waals surface area contributed by atoms with E-state index >= 15 is 0 Å². The number of halogens is 1. The minimum absolute atomic E-state index is 0.0157. The Kier molecular flexibility index (Phi) is 6.57. The van der Waals surface area contributed by atoms with Crippen LogP contribution in [0.4, 0.5) is 4.39 Å². The van der Waals surface area contributed by atoms with E-state index in [4.69, 9.17) is 4.74 Å². The van der Waals surface area contributed by atoms with Crippen molar-refractivity contribution in [1.29, 1.82) is 0 Å². The maximum absolute atomic E-state index is 13.5. The van der Waals surface area contributed by atoms with Gasteiger partial charge in [0.25, 0.3) is 11.5 Å². The Labute approximate surface area is 174 Å². The van der Waals surface area contributed by atoms with Gasteiger partial charge in [-0.2, -0.15) is 0 Å². The number of aryl methyl sites for hydroxylation is 1. The zero-order valence-electron chi connectivity index (χ0n) is 16.8. The van der Waals surface area contributed by atoms with E-state index in [0.29, 0.717) is 25.9 Å². The maximum Gasteiger partial charge on any atom is 0.263 e. The molecule has 0 bridgehead atoms. The van der Waals surface area contributed by atoms with Crippen LogP contribution >= 0.6 is 0 Å². The number of amides is 1. The number of hydrogen-bond acceptors (Lipinski definition) is 5. The molecular formula is C20H24FN3O5S. The molecule has 1 fully saturated rings. The van der Waals surface area contributed by atoms with Gasteiger partial charge in [-0.05, 0) is 49.1 Å². The molecule has 1 aromatic carbocycles. The van der Waals surface area contributed by atoms with Crippen molar-refractivity contribution in [1.82, 2.24) is 14.2 Å². The maximum atomic E-state index is 13.5. The summed E-state index contributed by atoms with van der Waals surface area (Å²) >= 11 is 0. The van der Waals surface area contributed by atoms with Crippen molar-refractivity contribution in [2.24, 2.45) is 13.0 Å². The number of benzene rings is 1. The SMILES string of the molecule is COc1ccc(F)cc1S(=O)(=O)NCC1CCN(C(=O)c2cccn(C)c2=O)CC1. The molecule has 162 valence electrons. The van der Waals surface area contributed by atoms with E-state index in [1.165, 1.54) is 23.8 Å². The van der Waals surface area contributed by atoms with Crippen molar-refractivity contribution in [3.63, 3.8) is 0 Å². The fourth-order valence-electron chi connectivity index (χ4n) is 3.44.